The maximum atomic E-state index is 13.1. The van der Waals surface area contributed by atoms with Gasteiger partial charge in [-0.2, -0.15) is 13.2 Å². The number of alkyl halides is 3. The molecule has 3 aliphatic heterocycles. The average molecular weight is 437 g/mol. The van der Waals surface area contributed by atoms with Crippen LogP contribution >= 0.6 is 11.3 Å². The van der Waals surface area contributed by atoms with Crippen LogP contribution in [-0.4, -0.2) is 47.4 Å². The molecule has 2 amide bonds. The van der Waals surface area contributed by atoms with Crippen molar-refractivity contribution in [3.05, 3.63) is 51.7 Å². The number of benzene rings is 1. The SMILES string of the molecule is Cc1ccc2c(c1)C1NC(=O)N(Cc3cccs3)C3(CCN(CC(F)(F)F)CC13)O2. The predicted octanol–water partition coefficient (Wildman–Crippen LogP) is 4.30. The summed E-state index contributed by atoms with van der Waals surface area (Å²) in [6.07, 6.45) is -3.93. The normalized spacial score (nSPS) is 28.4. The number of urea groups is 1. The van der Waals surface area contributed by atoms with Crippen LogP contribution in [-0.2, 0) is 6.54 Å². The summed E-state index contributed by atoms with van der Waals surface area (Å²) >= 11 is 1.55. The van der Waals surface area contributed by atoms with Gasteiger partial charge >= 0.3 is 12.2 Å². The number of nitrogens with one attached hydrogen (secondary N) is 1. The Labute approximate surface area is 176 Å². The molecular weight excluding hydrogens is 415 g/mol. The number of ether oxygens (including phenoxy) is 1. The van der Waals surface area contributed by atoms with Gasteiger partial charge in [0.05, 0.1) is 25.0 Å². The van der Waals surface area contributed by atoms with Gasteiger partial charge in [0.1, 0.15) is 5.75 Å². The Kier molecular flexibility index (Phi) is 4.52. The minimum absolute atomic E-state index is 0.207. The van der Waals surface area contributed by atoms with Crippen molar-refractivity contribution in [3.63, 3.8) is 0 Å². The molecule has 3 aliphatic rings. The molecule has 160 valence electrons. The molecule has 1 N–H and O–H groups in total. The molecule has 0 spiro atoms. The summed E-state index contributed by atoms with van der Waals surface area (Å²) in [5.41, 5.74) is 0.901. The molecular formula is C21H22F3N3O2S. The van der Waals surface area contributed by atoms with Gasteiger partial charge in [-0.05, 0) is 24.4 Å². The molecule has 2 aromatic rings. The second-order valence-electron chi connectivity index (χ2n) is 8.29. The summed E-state index contributed by atoms with van der Waals surface area (Å²) in [5.74, 6) is 0.392. The largest absolute Gasteiger partial charge is 0.467 e. The molecule has 30 heavy (non-hydrogen) atoms. The lowest BCUT2D eigenvalue weighted by Gasteiger charge is -2.60. The summed E-state index contributed by atoms with van der Waals surface area (Å²) in [6, 6.07) is 9.08. The Morgan fingerprint density at radius 3 is 2.90 bits per heavy atom. The fraction of sp³-hybridized carbons (Fsp3) is 0.476. The number of rotatable bonds is 3. The van der Waals surface area contributed by atoms with Gasteiger partial charge in [-0.25, -0.2) is 4.79 Å². The smallest absolute Gasteiger partial charge is 0.401 e. The quantitative estimate of drug-likeness (QED) is 0.779. The van der Waals surface area contributed by atoms with Crippen LogP contribution in [0.5, 0.6) is 5.75 Å². The van der Waals surface area contributed by atoms with Gasteiger partial charge in [-0.1, -0.05) is 23.8 Å². The number of carbonyl (C=O) groups excluding carboxylic acids is 1. The third kappa shape index (κ3) is 3.24. The highest BCUT2D eigenvalue weighted by Crippen LogP contribution is 2.52. The van der Waals surface area contributed by atoms with Gasteiger partial charge in [0, 0.05) is 30.0 Å². The van der Waals surface area contributed by atoms with Crippen molar-refractivity contribution < 1.29 is 22.7 Å². The van der Waals surface area contributed by atoms with Crippen LogP contribution in [0.25, 0.3) is 0 Å². The van der Waals surface area contributed by atoms with Crippen molar-refractivity contribution in [1.82, 2.24) is 15.1 Å². The van der Waals surface area contributed by atoms with E-state index in [9.17, 15) is 18.0 Å². The fourth-order valence-corrected chi connectivity index (χ4v) is 5.72. The maximum Gasteiger partial charge on any atom is 0.401 e. The van der Waals surface area contributed by atoms with Gasteiger partial charge in [-0.3, -0.25) is 9.80 Å². The Morgan fingerprint density at radius 1 is 1.33 bits per heavy atom. The molecule has 5 rings (SSSR count). The minimum atomic E-state index is -4.26. The Hall–Kier alpha value is -2.26. The number of amides is 2. The van der Waals surface area contributed by atoms with E-state index in [1.807, 2.05) is 42.6 Å². The number of aryl methyl sites for hydroxylation is 1. The standard InChI is InChI=1S/C21H22F3N3O2S/c1-13-4-5-17-15(9-13)18-16-11-26(12-21(22,23)24)7-6-20(16,29-17)27(19(28)25-18)10-14-3-2-8-30-14/h2-5,8-9,16,18H,6-7,10-12H2,1H3,(H,25,28). The van der Waals surface area contributed by atoms with Crippen molar-refractivity contribution in [2.75, 3.05) is 19.6 Å². The molecule has 9 heteroatoms. The molecule has 5 nitrogen and oxygen atoms in total. The molecule has 2 bridgehead atoms. The van der Waals surface area contributed by atoms with E-state index in [-0.39, 0.29) is 31.1 Å². The van der Waals surface area contributed by atoms with Gasteiger partial charge in [0.25, 0.3) is 0 Å². The number of nitrogens with zero attached hydrogens (tertiary/aromatic N) is 2. The third-order valence-electron chi connectivity index (χ3n) is 6.29. The zero-order valence-corrected chi connectivity index (χ0v) is 17.2. The van der Waals surface area contributed by atoms with Crippen molar-refractivity contribution in [1.29, 1.82) is 0 Å². The first-order valence-electron chi connectivity index (χ1n) is 9.94. The van der Waals surface area contributed by atoms with E-state index in [1.165, 1.54) is 4.90 Å². The Morgan fingerprint density at radius 2 is 2.17 bits per heavy atom. The van der Waals surface area contributed by atoms with E-state index in [1.54, 1.807) is 16.2 Å². The monoisotopic (exact) mass is 437 g/mol. The first-order valence-corrected chi connectivity index (χ1v) is 10.8. The minimum Gasteiger partial charge on any atom is -0.467 e. The van der Waals surface area contributed by atoms with E-state index in [2.05, 4.69) is 5.32 Å². The van der Waals surface area contributed by atoms with Crippen LogP contribution in [0, 0.1) is 12.8 Å². The second kappa shape index (κ2) is 6.88. The molecule has 1 aromatic heterocycles. The highest BCUT2D eigenvalue weighted by molar-refractivity contribution is 7.09. The summed E-state index contributed by atoms with van der Waals surface area (Å²) in [7, 11) is 0. The lowest BCUT2D eigenvalue weighted by molar-refractivity contribution is -0.198. The zero-order valence-electron chi connectivity index (χ0n) is 16.4. The van der Waals surface area contributed by atoms with E-state index in [0.29, 0.717) is 18.7 Å². The number of thiophene rings is 1. The van der Waals surface area contributed by atoms with E-state index in [4.69, 9.17) is 4.74 Å². The van der Waals surface area contributed by atoms with Crippen molar-refractivity contribution >= 4 is 17.4 Å². The fourth-order valence-electron chi connectivity index (χ4n) is 5.03. The van der Waals surface area contributed by atoms with Gasteiger partial charge in [-0.15, -0.1) is 11.3 Å². The van der Waals surface area contributed by atoms with Crippen LogP contribution in [0.3, 0.4) is 0 Å². The molecule has 0 radical (unpaired) electrons. The highest BCUT2D eigenvalue weighted by atomic mass is 32.1. The number of fused-ring (bicyclic) bond motifs is 2. The van der Waals surface area contributed by atoms with Crippen molar-refractivity contribution in [2.24, 2.45) is 5.92 Å². The number of carbonyl (C=O) groups is 1. The average Bonchev–Trinajstić information content (AvgIpc) is 3.18. The van der Waals surface area contributed by atoms with Crippen LogP contribution in [0.15, 0.2) is 35.7 Å². The summed E-state index contributed by atoms with van der Waals surface area (Å²) in [4.78, 5) is 17.3. The van der Waals surface area contributed by atoms with Crippen molar-refractivity contribution in [3.8, 4) is 5.75 Å². The Balaban J connectivity index is 1.56. The van der Waals surface area contributed by atoms with Gasteiger partial charge in [0.15, 0.2) is 5.72 Å². The van der Waals surface area contributed by atoms with E-state index in [0.717, 1.165) is 16.0 Å². The number of halogens is 3. The zero-order chi connectivity index (χ0) is 21.1. The summed E-state index contributed by atoms with van der Waals surface area (Å²) in [5, 5.41) is 5.02. The number of piperidine rings is 1. The maximum absolute atomic E-state index is 13.1. The van der Waals surface area contributed by atoms with Crippen LogP contribution in [0.1, 0.15) is 28.5 Å². The van der Waals surface area contributed by atoms with Gasteiger partial charge < -0.3 is 10.1 Å². The molecule has 3 unspecified atom stereocenters. The third-order valence-corrected chi connectivity index (χ3v) is 7.15. The van der Waals surface area contributed by atoms with Crippen molar-refractivity contribution in [2.45, 2.75) is 37.8 Å². The summed E-state index contributed by atoms with van der Waals surface area (Å²) < 4.78 is 45.8. The van der Waals surface area contributed by atoms with Crippen LogP contribution in [0.4, 0.5) is 18.0 Å². The first kappa shape index (κ1) is 19.7. The molecule has 0 aliphatic carbocycles. The highest BCUT2D eigenvalue weighted by Gasteiger charge is 2.61. The molecule has 2 fully saturated rings. The molecule has 1 aromatic carbocycles. The lowest BCUT2D eigenvalue weighted by Crippen LogP contribution is -2.74. The molecule has 3 atom stereocenters. The predicted molar refractivity (Wildman–Crippen MR) is 106 cm³/mol. The van der Waals surface area contributed by atoms with Crippen LogP contribution in [0.2, 0.25) is 0 Å². The number of hydrogen-bond acceptors (Lipinski definition) is 4. The lowest BCUT2D eigenvalue weighted by atomic mass is 9.74. The van der Waals surface area contributed by atoms with E-state index < -0.39 is 18.4 Å². The second-order valence-corrected chi connectivity index (χ2v) is 9.32. The number of likely N-dealkylation sites (tertiary alicyclic amines) is 1. The van der Waals surface area contributed by atoms with Gasteiger partial charge in [0.2, 0.25) is 0 Å². The summed E-state index contributed by atoms with van der Waals surface area (Å²) in [6.45, 7) is 1.79. The molecule has 4 heterocycles. The number of hydrogen-bond donors (Lipinski definition) is 1. The van der Waals surface area contributed by atoms with E-state index >= 15 is 0 Å². The first-order chi connectivity index (χ1) is 14.2. The van der Waals surface area contributed by atoms with Crippen LogP contribution < -0.4 is 10.1 Å². The molecule has 0 saturated carbocycles. The molecule has 2 saturated heterocycles. The Bertz CT molecular complexity index is 965. The topological polar surface area (TPSA) is 44.8 Å².